The lowest BCUT2D eigenvalue weighted by Crippen LogP contribution is -2.09. The van der Waals surface area contributed by atoms with Crippen molar-refractivity contribution < 1.29 is 9.84 Å². The van der Waals surface area contributed by atoms with Crippen LogP contribution in [-0.2, 0) is 0 Å². The molecule has 0 saturated carbocycles. The van der Waals surface area contributed by atoms with Crippen LogP contribution >= 0.6 is 11.6 Å². The molecule has 106 valence electrons. The van der Waals surface area contributed by atoms with Gasteiger partial charge in [0.2, 0.25) is 0 Å². The number of aliphatic hydroxyl groups is 1. The molecule has 2 rings (SSSR count). The van der Waals surface area contributed by atoms with E-state index in [2.05, 4.69) is 13.8 Å². The van der Waals surface area contributed by atoms with Gasteiger partial charge in [-0.3, -0.25) is 0 Å². The third-order valence-corrected chi connectivity index (χ3v) is 3.46. The molecule has 1 unspecified atom stereocenters. The topological polar surface area (TPSA) is 29.5 Å². The van der Waals surface area contributed by atoms with Gasteiger partial charge in [-0.2, -0.15) is 0 Å². The standard InChI is InChI=1S/C17H19ClO2/c1-12(2)13-3-5-14(6-4-13)17(19)11-20-16-9-7-15(18)8-10-16/h3-10,12,17,19H,11H2,1-2H3. The number of rotatable bonds is 5. The molecule has 0 radical (unpaired) electrons. The van der Waals surface area contributed by atoms with Crippen LogP contribution in [0.5, 0.6) is 5.75 Å². The Bertz CT molecular complexity index is 532. The number of ether oxygens (including phenoxy) is 1. The van der Waals surface area contributed by atoms with Crippen molar-refractivity contribution in [2.75, 3.05) is 6.61 Å². The van der Waals surface area contributed by atoms with E-state index in [1.165, 1.54) is 5.56 Å². The molecular formula is C17H19ClO2. The lowest BCUT2D eigenvalue weighted by Gasteiger charge is -2.14. The maximum atomic E-state index is 10.1. The number of halogens is 1. The van der Waals surface area contributed by atoms with Gasteiger partial charge >= 0.3 is 0 Å². The van der Waals surface area contributed by atoms with Gasteiger partial charge in [-0.05, 0) is 41.3 Å². The Morgan fingerprint density at radius 3 is 2.05 bits per heavy atom. The third-order valence-electron chi connectivity index (χ3n) is 3.21. The fraction of sp³-hybridized carbons (Fsp3) is 0.294. The normalized spacial score (nSPS) is 12.4. The number of hydrogen-bond donors (Lipinski definition) is 1. The average molecular weight is 291 g/mol. The van der Waals surface area contributed by atoms with Gasteiger partial charge in [0.15, 0.2) is 0 Å². The molecule has 2 aromatic rings. The minimum absolute atomic E-state index is 0.225. The fourth-order valence-corrected chi connectivity index (χ4v) is 2.03. The van der Waals surface area contributed by atoms with Crippen LogP contribution in [0, 0.1) is 0 Å². The molecule has 0 heterocycles. The Morgan fingerprint density at radius 1 is 0.950 bits per heavy atom. The van der Waals surface area contributed by atoms with Gasteiger partial charge in [-0.15, -0.1) is 0 Å². The SMILES string of the molecule is CC(C)c1ccc(C(O)COc2ccc(Cl)cc2)cc1. The molecule has 1 atom stereocenters. The monoisotopic (exact) mass is 290 g/mol. The molecule has 2 aromatic carbocycles. The Balaban J connectivity index is 1.94. The first-order valence-electron chi connectivity index (χ1n) is 6.72. The van der Waals surface area contributed by atoms with E-state index in [4.69, 9.17) is 16.3 Å². The highest BCUT2D eigenvalue weighted by Crippen LogP contribution is 2.21. The van der Waals surface area contributed by atoms with Crippen LogP contribution in [0.15, 0.2) is 48.5 Å². The van der Waals surface area contributed by atoms with E-state index in [9.17, 15) is 5.11 Å². The van der Waals surface area contributed by atoms with Crippen LogP contribution < -0.4 is 4.74 Å². The van der Waals surface area contributed by atoms with Crippen molar-refractivity contribution in [1.29, 1.82) is 0 Å². The summed E-state index contributed by atoms with van der Waals surface area (Å²) in [5.41, 5.74) is 2.13. The first kappa shape index (κ1) is 14.9. The lowest BCUT2D eigenvalue weighted by molar-refractivity contribution is 0.108. The third kappa shape index (κ3) is 3.99. The van der Waals surface area contributed by atoms with Gasteiger partial charge in [0, 0.05) is 5.02 Å². The molecule has 0 bridgehead atoms. The van der Waals surface area contributed by atoms with Gasteiger partial charge in [0.1, 0.15) is 18.5 Å². The molecule has 0 aromatic heterocycles. The Morgan fingerprint density at radius 2 is 1.50 bits per heavy atom. The number of benzene rings is 2. The summed E-state index contributed by atoms with van der Waals surface area (Å²) in [4.78, 5) is 0. The van der Waals surface area contributed by atoms with Crippen molar-refractivity contribution >= 4 is 11.6 Å². The molecule has 0 aliphatic heterocycles. The van der Waals surface area contributed by atoms with Crippen LogP contribution in [-0.4, -0.2) is 11.7 Å². The highest BCUT2D eigenvalue weighted by atomic mass is 35.5. The minimum atomic E-state index is -0.633. The summed E-state index contributed by atoms with van der Waals surface area (Å²) in [6.07, 6.45) is -0.633. The summed E-state index contributed by atoms with van der Waals surface area (Å²) >= 11 is 5.81. The van der Waals surface area contributed by atoms with E-state index in [1.807, 2.05) is 24.3 Å². The molecule has 0 spiro atoms. The lowest BCUT2D eigenvalue weighted by atomic mass is 10.0. The van der Waals surface area contributed by atoms with E-state index >= 15 is 0 Å². The molecule has 0 fully saturated rings. The maximum Gasteiger partial charge on any atom is 0.119 e. The van der Waals surface area contributed by atoms with Gasteiger partial charge < -0.3 is 9.84 Å². The summed E-state index contributed by atoms with van der Waals surface area (Å²) in [5, 5.41) is 10.8. The molecule has 0 amide bonds. The molecule has 0 aliphatic rings. The second-order valence-electron chi connectivity index (χ2n) is 5.10. The molecular weight excluding hydrogens is 272 g/mol. The van der Waals surface area contributed by atoms with Gasteiger partial charge in [0.25, 0.3) is 0 Å². The number of aliphatic hydroxyl groups excluding tert-OH is 1. The molecule has 20 heavy (non-hydrogen) atoms. The zero-order valence-corrected chi connectivity index (χ0v) is 12.5. The molecule has 0 aliphatic carbocycles. The average Bonchev–Trinajstić information content (AvgIpc) is 2.46. The quantitative estimate of drug-likeness (QED) is 0.873. The van der Waals surface area contributed by atoms with Gasteiger partial charge in [0.05, 0.1) is 0 Å². The highest BCUT2D eigenvalue weighted by molar-refractivity contribution is 6.30. The second kappa shape index (κ2) is 6.78. The predicted octanol–water partition coefficient (Wildman–Crippen LogP) is 4.58. The fourth-order valence-electron chi connectivity index (χ4n) is 1.91. The Labute approximate surface area is 125 Å². The van der Waals surface area contributed by atoms with E-state index in [-0.39, 0.29) is 6.61 Å². The van der Waals surface area contributed by atoms with Crippen molar-refractivity contribution in [3.8, 4) is 5.75 Å². The highest BCUT2D eigenvalue weighted by Gasteiger charge is 2.09. The molecule has 3 heteroatoms. The Kier molecular flexibility index (Phi) is 5.05. The van der Waals surface area contributed by atoms with E-state index in [1.54, 1.807) is 24.3 Å². The van der Waals surface area contributed by atoms with Crippen molar-refractivity contribution in [2.45, 2.75) is 25.9 Å². The summed E-state index contributed by atoms with van der Waals surface area (Å²) in [6, 6.07) is 15.1. The van der Waals surface area contributed by atoms with Crippen LogP contribution in [0.3, 0.4) is 0 Å². The summed E-state index contributed by atoms with van der Waals surface area (Å²) in [5.74, 6) is 1.19. The van der Waals surface area contributed by atoms with Crippen LogP contribution in [0.25, 0.3) is 0 Å². The molecule has 2 nitrogen and oxygen atoms in total. The largest absolute Gasteiger partial charge is 0.491 e. The van der Waals surface area contributed by atoms with Gasteiger partial charge in [-0.25, -0.2) is 0 Å². The van der Waals surface area contributed by atoms with Crippen molar-refractivity contribution in [3.05, 3.63) is 64.7 Å². The maximum absolute atomic E-state index is 10.1. The van der Waals surface area contributed by atoms with Gasteiger partial charge in [-0.1, -0.05) is 49.7 Å². The summed E-state index contributed by atoms with van der Waals surface area (Å²) in [7, 11) is 0. The van der Waals surface area contributed by atoms with Crippen LogP contribution in [0.2, 0.25) is 5.02 Å². The first-order chi connectivity index (χ1) is 9.56. The zero-order valence-electron chi connectivity index (χ0n) is 11.7. The van der Waals surface area contributed by atoms with E-state index < -0.39 is 6.10 Å². The smallest absolute Gasteiger partial charge is 0.119 e. The van der Waals surface area contributed by atoms with Crippen LogP contribution in [0.1, 0.15) is 37.0 Å². The first-order valence-corrected chi connectivity index (χ1v) is 7.10. The van der Waals surface area contributed by atoms with Crippen LogP contribution in [0.4, 0.5) is 0 Å². The number of hydrogen-bond acceptors (Lipinski definition) is 2. The Hall–Kier alpha value is -1.51. The second-order valence-corrected chi connectivity index (χ2v) is 5.54. The van der Waals surface area contributed by atoms with E-state index in [0.29, 0.717) is 16.7 Å². The van der Waals surface area contributed by atoms with Crippen molar-refractivity contribution in [3.63, 3.8) is 0 Å². The minimum Gasteiger partial charge on any atom is -0.491 e. The summed E-state index contributed by atoms with van der Waals surface area (Å²) < 4.78 is 5.55. The zero-order chi connectivity index (χ0) is 14.5. The summed E-state index contributed by atoms with van der Waals surface area (Å²) in [6.45, 7) is 4.52. The predicted molar refractivity (Wildman–Crippen MR) is 82.4 cm³/mol. The van der Waals surface area contributed by atoms with Crippen molar-refractivity contribution in [1.82, 2.24) is 0 Å². The van der Waals surface area contributed by atoms with E-state index in [0.717, 1.165) is 5.56 Å². The molecule has 0 saturated heterocycles. The molecule has 1 N–H and O–H groups in total. The van der Waals surface area contributed by atoms with Crippen molar-refractivity contribution in [2.24, 2.45) is 0 Å².